The highest BCUT2D eigenvalue weighted by atomic mass is 16.2. The number of hydrogen-bond donors (Lipinski definition) is 0. The lowest BCUT2D eigenvalue weighted by Gasteiger charge is -2.34. The largest absolute Gasteiger partial charge is 0.336 e. The van der Waals surface area contributed by atoms with Crippen LogP contribution in [0.3, 0.4) is 0 Å². The molecule has 100 valence electrons. The van der Waals surface area contributed by atoms with Crippen LogP contribution < -0.4 is 0 Å². The van der Waals surface area contributed by atoms with Crippen LogP contribution in [0.15, 0.2) is 30.7 Å². The highest BCUT2D eigenvalue weighted by Gasteiger charge is 2.23. The van der Waals surface area contributed by atoms with Crippen LogP contribution in [-0.2, 0) is 0 Å². The zero-order valence-corrected chi connectivity index (χ0v) is 11.1. The summed E-state index contributed by atoms with van der Waals surface area (Å²) in [6, 6.07) is 3.75. The Hall–Kier alpha value is -1.88. The van der Waals surface area contributed by atoms with Crippen molar-refractivity contribution in [1.82, 2.24) is 19.2 Å². The second-order valence-corrected chi connectivity index (χ2v) is 4.81. The molecule has 0 N–H and O–H groups in total. The van der Waals surface area contributed by atoms with Gasteiger partial charge in [-0.05, 0) is 18.7 Å². The van der Waals surface area contributed by atoms with Gasteiger partial charge in [0.25, 0.3) is 5.91 Å². The topological polar surface area (TPSA) is 40.9 Å². The number of piperazine rings is 1. The molecule has 3 heterocycles. The average Bonchev–Trinajstić information content (AvgIpc) is 2.95. The van der Waals surface area contributed by atoms with E-state index >= 15 is 0 Å². The molecule has 1 aliphatic rings. The van der Waals surface area contributed by atoms with Gasteiger partial charge >= 0.3 is 0 Å². The van der Waals surface area contributed by atoms with Gasteiger partial charge in [-0.1, -0.05) is 6.92 Å². The third-order valence-electron chi connectivity index (χ3n) is 3.76. The molecule has 0 radical (unpaired) electrons. The van der Waals surface area contributed by atoms with Crippen molar-refractivity contribution in [3.05, 3.63) is 36.3 Å². The van der Waals surface area contributed by atoms with Gasteiger partial charge < -0.3 is 14.2 Å². The van der Waals surface area contributed by atoms with Crippen LogP contribution in [0.1, 0.15) is 17.3 Å². The number of nitrogens with zero attached hydrogens (tertiary/aromatic N) is 4. The molecular formula is C14H18N4O. The summed E-state index contributed by atoms with van der Waals surface area (Å²) in [5, 5.41) is 0. The van der Waals surface area contributed by atoms with Crippen molar-refractivity contribution in [3.8, 4) is 0 Å². The second-order valence-electron chi connectivity index (χ2n) is 4.81. The number of rotatable bonds is 2. The third kappa shape index (κ3) is 2.21. The maximum Gasteiger partial charge on any atom is 0.257 e. The van der Waals surface area contributed by atoms with E-state index in [1.807, 2.05) is 33.8 Å². The third-order valence-corrected chi connectivity index (χ3v) is 3.76. The minimum Gasteiger partial charge on any atom is -0.336 e. The number of carbonyl (C=O) groups is 1. The standard InChI is InChI=1S/C14H18N4O/c1-2-16-8-10-18(11-9-16)14(19)12-4-3-6-17-7-5-15-13(12)17/h3-7H,2,8-11H2,1H3. The predicted octanol–water partition coefficient (Wildman–Crippen LogP) is 1.11. The Balaban J connectivity index is 1.82. The monoisotopic (exact) mass is 258 g/mol. The van der Waals surface area contributed by atoms with Crippen LogP contribution in [0.4, 0.5) is 0 Å². The van der Waals surface area contributed by atoms with Crippen LogP contribution >= 0.6 is 0 Å². The summed E-state index contributed by atoms with van der Waals surface area (Å²) >= 11 is 0. The Morgan fingerprint density at radius 3 is 2.79 bits per heavy atom. The summed E-state index contributed by atoms with van der Waals surface area (Å²) in [7, 11) is 0. The van der Waals surface area contributed by atoms with Crippen LogP contribution in [0, 0.1) is 0 Å². The molecule has 2 aromatic heterocycles. The van der Waals surface area contributed by atoms with Crippen molar-refractivity contribution >= 4 is 11.6 Å². The smallest absolute Gasteiger partial charge is 0.257 e. The molecule has 19 heavy (non-hydrogen) atoms. The van der Waals surface area contributed by atoms with Crippen molar-refractivity contribution in [3.63, 3.8) is 0 Å². The molecule has 0 aliphatic carbocycles. The van der Waals surface area contributed by atoms with E-state index in [2.05, 4.69) is 16.8 Å². The summed E-state index contributed by atoms with van der Waals surface area (Å²) in [5.74, 6) is 0.0903. The first kappa shape index (κ1) is 12.2. The molecule has 1 saturated heterocycles. The van der Waals surface area contributed by atoms with Gasteiger partial charge in [-0.25, -0.2) is 4.98 Å². The van der Waals surface area contributed by atoms with E-state index in [-0.39, 0.29) is 5.91 Å². The number of imidazole rings is 1. The number of amides is 1. The van der Waals surface area contributed by atoms with Crippen molar-refractivity contribution in [1.29, 1.82) is 0 Å². The first-order valence-corrected chi connectivity index (χ1v) is 6.73. The Bertz CT molecular complexity index is 584. The number of fused-ring (bicyclic) bond motifs is 1. The lowest BCUT2D eigenvalue weighted by atomic mass is 10.2. The Labute approximate surface area is 112 Å². The van der Waals surface area contributed by atoms with Crippen molar-refractivity contribution < 1.29 is 4.79 Å². The van der Waals surface area contributed by atoms with Crippen molar-refractivity contribution in [2.24, 2.45) is 0 Å². The molecule has 0 aromatic carbocycles. The summed E-state index contributed by atoms with van der Waals surface area (Å²) in [5.41, 5.74) is 1.43. The molecule has 0 spiro atoms. The van der Waals surface area contributed by atoms with Gasteiger partial charge in [-0.3, -0.25) is 4.79 Å². The first-order valence-electron chi connectivity index (χ1n) is 6.73. The second kappa shape index (κ2) is 5.01. The molecule has 5 heteroatoms. The molecule has 1 amide bonds. The fraction of sp³-hybridized carbons (Fsp3) is 0.429. The number of likely N-dealkylation sites (N-methyl/N-ethyl adjacent to an activating group) is 1. The van der Waals surface area contributed by atoms with Gasteiger partial charge in [0.05, 0.1) is 5.56 Å². The number of pyridine rings is 1. The molecule has 1 aliphatic heterocycles. The van der Waals surface area contributed by atoms with E-state index in [9.17, 15) is 4.79 Å². The number of hydrogen-bond acceptors (Lipinski definition) is 3. The van der Waals surface area contributed by atoms with Crippen molar-refractivity contribution in [2.75, 3.05) is 32.7 Å². The summed E-state index contributed by atoms with van der Waals surface area (Å²) in [4.78, 5) is 21.1. The van der Waals surface area contributed by atoms with Crippen molar-refractivity contribution in [2.45, 2.75) is 6.92 Å². The summed E-state index contributed by atoms with van der Waals surface area (Å²) < 4.78 is 1.88. The molecular weight excluding hydrogens is 240 g/mol. The van der Waals surface area contributed by atoms with Gasteiger partial charge in [0.2, 0.25) is 0 Å². The Morgan fingerprint density at radius 2 is 2.05 bits per heavy atom. The van der Waals surface area contributed by atoms with Gasteiger partial charge in [-0.2, -0.15) is 0 Å². The van der Waals surface area contributed by atoms with Gasteiger partial charge in [0.15, 0.2) is 0 Å². The molecule has 0 bridgehead atoms. The van der Waals surface area contributed by atoms with Gasteiger partial charge in [0, 0.05) is 44.8 Å². The highest BCUT2D eigenvalue weighted by Crippen LogP contribution is 2.13. The Morgan fingerprint density at radius 1 is 1.26 bits per heavy atom. The molecule has 3 rings (SSSR count). The van der Waals surface area contributed by atoms with Crippen LogP contribution in [0.2, 0.25) is 0 Å². The molecule has 2 aromatic rings. The van der Waals surface area contributed by atoms with Gasteiger partial charge in [-0.15, -0.1) is 0 Å². The van der Waals surface area contributed by atoms with E-state index in [1.165, 1.54) is 0 Å². The zero-order valence-electron chi connectivity index (χ0n) is 11.1. The fourth-order valence-corrected chi connectivity index (χ4v) is 2.55. The number of aromatic nitrogens is 2. The average molecular weight is 258 g/mol. The fourth-order valence-electron chi connectivity index (χ4n) is 2.55. The normalized spacial score (nSPS) is 17.0. The minimum absolute atomic E-state index is 0.0903. The molecule has 0 saturated carbocycles. The maximum absolute atomic E-state index is 12.6. The molecule has 5 nitrogen and oxygen atoms in total. The van der Waals surface area contributed by atoms with E-state index in [0.717, 1.165) is 38.4 Å². The van der Waals surface area contributed by atoms with E-state index in [0.29, 0.717) is 5.56 Å². The lowest BCUT2D eigenvalue weighted by molar-refractivity contribution is 0.0644. The molecule has 0 unspecified atom stereocenters. The number of carbonyl (C=O) groups excluding carboxylic acids is 1. The summed E-state index contributed by atoms with van der Waals surface area (Å²) in [6.45, 7) is 6.73. The van der Waals surface area contributed by atoms with Crippen LogP contribution in [0.25, 0.3) is 5.65 Å². The lowest BCUT2D eigenvalue weighted by Crippen LogP contribution is -2.48. The quantitative estimate of drug-likeness (QED) is 0.810. The molecule has 1 fully saturated rings. The van der Waals surface area contributed by atoms with Crippen LogP contribution in [-0.4, -0.2) is 57.8 Å². The zero-order chi connectivity index (χ0) is 13.2. The van der Waals surface area contributed by atoms with E-state index in [4.69, 9.17) is 0 Å². The minimum atomic E-state index is 0.0903. The highest BCUT2D eigenvalue weighted by molar-refractivity contribution is 5.99. The molecule has 0 atom stereocenters. The Kier molecular flexibility index (Phi) is 3.21. The maximum atomic E-state index is 12.6. The van der Waals surface area contributed by atoms with E-state index in [1.54, 1.807) is 6.20 Å². The van der Waals surface area contributed by atoms with Crippen LogP contribution in [0.5, 0.6) is 0 Å². The first-order chi connectivity index (χ1) is 9.29. The summed E-state index contributed by atoms with van der Waals surface area (Å²) in [6.07, 6.45) is 5.50. The SMILES string of the molecule is CCN1CCN(C(=O)c2cccn3ccnc23)CC1. The van der Waals surface area contributed by atoms with E-state index < -0.39 is 0 Å². The van der Waals surface area contributed by atoms with Gasteiger partial charge in [0.1, 0.15) is 5.65 Å². The predicted molar refractivity (Wildman–Crippen MR) is 73.2 cm³/mol.